The molecule has 0 spiro atoms. The minimum absolute atomic E-state index is 0.0961. The Bertz CT molecular complexity index is 781. The molecule has 112 valence electrons. The number of nitrogen functional groups attached to an aromatic ring is 1. The molecule has 22 heavy (non-hydrogen) atoms. The summed E-state index contributed by atoms with van der Waals surface area (Å²) in [5.41, 5.74) is 4.87. The third kappa shape index (κ3) is 2.54. The van der Waals surface area contributed by atoms with Crippen molar-refractivity contribution in [1.82, 2.24) is 0 Å². The highest BCUT2D eigenvalue weighted by atomic mass is 16.4. The van der Waals surface area contributed by atoms with Crippen LogP contribution in [0.15, 0.2) is 36.4 Å². The second-order valence-corrected chi connectivity index (χ2v) is 4.71. The minimum Gasteiger partial charge on any atom is -0.478 e. The molecule has 0 unspecified atom stereocenters. The van der Waals surface area contributed by atoms with Crippen LogP contribution in [0.4, 0.5) is 5.69 Å². The lowest BCUT2D eigenvalue weighted by Gasteiger charge is -2.14. The lowest BCUT2D eigenvalue weighted by molar-refractivity contribution is 0.0693. The highest BCUT2D eigenvalue weighted by molar-refractivity contribution is 6.18. The van der Waals surface area contributed by atoms with Crippen LogP contribution in [0.3, 0.4) is 0 Å². The molecule has 2 aromatic rings. The number of benzene rings is 2. The average Bonchev–Trinajstić information content (AvgIpc) is 2.48. The van der Waals surface area contributed by atoms with E-state index in [1.807, 2.05) is 0 Å². The van der Waals surface area contributed by atoms with E-state index in [4.69, 9.17) is 10.8 Å². The maximum Gasteiger partial charge on any atom is 0.338 e. The largest absolute Gasteiger partial charge is 0.478 e. The minimum atomic E-state index is -1.44. The van der Waals surface area contributed by atoms with Gasteiger partial charge >= 0.3 is 11.9 Å². The number of carbonyl (C=O) groups is 3. The van der Waals surface area contributed by atoms with Gasteiger partial charge in [-0.25, -0.2) is 9.59 Å². The predicted octanol–water partition coefficient (Wildman–Crippen LogP) is 2.20. The number of carboxylic acid groups (broad SMARTS) is 2. The monoisotopic (exact) mass is 299 g/mol. The van der Waals surface area contributed by atoms with Crippen molar-refractivity contribution in [3.63, 3.8) is 0 Å². The normalized spacial score (nSPS) is 10.2. The topological polar surface area (TPSA) is 118 Å². The number of hydrogen-bond donors (Lipinski definition) is 3. The summed E-state index contributed by atoms with van der Waals surface area (Å²) >= 11 is 0. The fraction of sp³-hybridized carbons (Fsp3) is 0.0625. The van der Waals surface area contributed by atoms with Crippen LogP contribution >= 0.6 is 0 Å². The number of rotatable bonds is 4. The van der Waals surface area contributed by atoms with E-state index in [1.165, 1.54) is 13.0 Å². The SMILES string of the molecule is Cc1cc(C(=O)O)c(N)c(C(=O)O)c1C(=O)c1ccccc1. The number of nitrogens with two attached hydrogens (primary N) is 1. The van der Waals surface area contributed by atoms with Crippen LogP contribution in [0.25, 0.3) is 0 Å². The lowest BCUT2D eigenvalue weighted by Crippen LogP contribution is -2.17. The van der Waals surface area contributed by atoms with Gasteiger partial charge in [-0.3, -0.25) is 4.79 Å². The van der Waals surface area contributed by atoms with E-state index in [-0.39, 0.29) is 16.7 Å². The van der Waals surface area contributed by atoms with Crippen molar-refractivity contribution < 1.29 is 24.6 Å². The highest BCUT2D eigenvalue weighted by Crippen LogP contribution is 2.28. The Morgan fingerprint density at radius 2 is 1.55 bits per heavy atom. The summed E-state index contributed by atoms with van der Waals surface area (Å²) in [7, 11) is 0. The van der Waals surface area contributed by atoms with Gasteiger partial charge in [0, 0.05) is 11.1 Å². The van der Waals surface area contributed by atoms with Crippen molar-refractivity contribution >= 4 is 23.4 Å². The number of aromatic carboxylic acids is 2. The molecule has 0 saturated carbocycles. The zero-order chi connectivity index (χ0) is 16.4. The number of hydrogen-bond acceptors (Lipinski definition) is 4. The smallest absolute Gasteiger partial charge is 0.338 e. The van der Waals surface area contributed by atoms with Crippen LogP contribution in [0.2, 0.25) is 0 Å². The van der Waals surface area contributed by atoms with E-state index < -0.39 is 29.0 Å². The van der Waals surface area contributed by atoms with E-state index in [1.54, 1.807) is 30.3 Å². The highest BCUT2D eigenvalue weighted by Gasteiger charge is 2.27. The number of anilines is 1. The molecule has 0 amide bonds. The van der Waals surface area contributed by atoms with Crippen LogP contribution in [0.5, 0.6) is 0 Å². The first-order chi connectivity index (χ1) is 10.3. The van der Waals surface area contributed by atoms with Gasteiger partial charge in [-0.1, -0.05) is 30.3 Å². The van der Waals surface area contributed by atoms with Crippen molar-refractivity contribution in [2.24, 2.45) is 0 Å². The number of aryl methyl sites for hydroxylation is 1. The van der Waals surface area contributed by atoms with Gasteiger partial charge in [-0.15, -0.1) is 0 Å². The van der Waals surface area contributed by atoms with Gasteiger partial charge in [0.1, 0.15) is 0 Å². The Kier molecular flexibility index (Phi) is 3.94. The molecular formula is C16H13NO5. The zero-order valence-electron chi connectivity index (χ0n) is 11.7. The Labute approximate surface area is 125 Å². The van der Waals surface area contributed by atoms with Crippen molar-refractivity contribution in [3.8, 4) is 0 Å². The first-order valence-electron chi connectivity index (χ1n) is 6.34. The molecule has 6 nitrogen and oxygen atoms in total. The third-order valence-corrected chi connectivity index (χ3v) is 3.27. The van der Waals surface area contributed by atoms with Crippen molar-refractivity contribution in [3.05, 3.63) is 64.2 Å². The molecular weight excluding hydrogens is 286 g/mol. The van der Waals surface area contributed by atoms with Gasteiger partial charge in [0.25, 0.3) is 0 Å². The first kappa shape index (κ1) is 15.2. The van der Waals surface area contributed by atoms with Crippen LogP contribution in [0.1, 0.15) is 42.2 Å². The Balaban J connectivity index is 2.76. The summed E-state index contributed by atoms with van der Waals surface area (Å²) in [5, 5.41) is 18.4. The zero-order valence-corrected chi connectivity index (χ0v) is 11.7. The molecule has 0 heterocycles. The van der Waals surface area contributed by atoms with E-state index >= 15 is 0 Å². The maximum absolute atomic E-state index is 12.6. The Morgan fingerprint density at radius 3 is 2.05 bits per heavy atom. The molecule has 0 aromatic heterocycles. The molecule has 6 heteroatoms. The summed E-state index contributed by atoms with van der Waals surface area (Å²) in [5.74, 6) is -3.30. The third-order valence-electron chi connectivity index (χ3n) is 3.27. The number of carboxylic acids is 2. The number of carbonyl (C=O) groups excluding carboxylic acids is 1. The first-order valence-corrected chi connectivity index (χ1v) is 6.34. The van der Waals surface area contributed by atoms with Crippen molar-refractivity contribution in [2.75, 3.05) is 5.73 Å². The summed E-state index contributed by atoms with van der Waals surface area (Å²) < 4.78 is 0. The lowest BCUT2D eigenvalue weighted by atomic mass is 9.90. The van der Waals surface area contributed by atoms with Gasteiger partial charge in [0.2, 0.25) is 0 Å². The average molecular weight is 299 g/mol. The van der Waals surface area contributed by atoms with E-state index in [2.05, 4.69) is 0 Å². The van der Waals surface area contributed by atoms with Crippen molar-refractivity contribution in [1.29, 1.82) is 0 Å². The molecule has 4 N–H and O–H groups in total. The van der Waals surface area contributed by atoms with Gasteiger partial charge in [-0.2, -0.15) is 0 Å². The fourth-order valence-corrected chi connectivity index (χ4v) is 2.26. The van der Waals surface area contributed by atoms with E-state index in [0.717, 1.165) is 0 Å². The van der Waals surface area contributed by atoms with Gasteiger partial charge < -0.3 is 15.9 Å². The molecule has 0 bridgehead atoms. The summed E-state index contributed by atoms with van der Waals surface area (Å²) in [4.78, 5) is 35.2. The van der Waals surface area contributed by atoms with Gasteiger partial charge in [0.15, 0.2) is 5.78 Å². The van der Waals surface area contributed by atoms with E-state index in [9.17, 15) is 19.5 Å². The van der Waals surface area contributed by atoms with Crippen LogP contribution in [0, 0.1) is 6.92 Å². The molecule has 2 aromatic carbocycles. The van der Waals surface area contributed by atoms with Crippen LogP contribution in [-0.4, -0.2) is 27.9 Å². The molecule has 0 saturated heterocycles. The molecule has 0 aliphatic carbocycles. The molecule has 0 aliphatic heterocycles. The quantitative estimate of drug-likeness (QED) is 0.588. The molecule has 0 radical (unpaired) electrons. The van der Waals surface area contributed by atoms with Gasteiger partial charge in [0.05, 0.1) is 16.8 Å². The fourth-order valence-electron chi connectivity index (χ4n) is 2.26. The summed E-state index contributed by atoms with van der Waals surface area (Å²) in [6, 6.07) is 9.34. The summed E-state index contributed by atoms with van der Waals surface area (Å²) in [6.45, 7) is 1.48. The van der Waals surface area contributed by atoms with Crippen LogP contribution in [-0.2, 0) is 0 Å². The van der Waals surface area contributed by atoms with Crippen molar-refractivity contribution in [2.45, 2.75) is 6.92 Å². The second-order valence-electron chi connectivity index (χ2n) is 4.71. The Hall–Kier alpha value is -3.15. The molecule has 0 aliphatic rings. The molecule has 0 fully saturated rings. The molecule has 2 rings (SSSR count). The van der Waals surface area contributed by atoms with Gasteiger partial charge in [-0.05, 0) is 18.6 Å². The van der Waals surface area contributed by atoms with Crippen LogP contribution < -0.4 is 5.73 Å². The second kappa shape index (κ2) is 5.69. The summed E-state index contributed by atoms with van der Waals surface area (Å²) in [6.07, 6.45) is 0. The predicted molar refractivity (Wildman–Crippen MR) is 79.4 cm³/mol. The Morgan fingerprint density at radius 1 is 0.955 bits per heavy atom. The standard InChI is InChI=1S/C16H13NO5/c1-8-7-10(15(19)20)13(17)12(16(21)22)11(8)14(18)9-5-3-2-4-6-9/h2-7H,17H2,1H3,(H,19,20)(H,21,22). The molecule has 0 atom stereocenters. The van der Waals surface area contributed by atoms with E-state index in [0.29, 0.717) is 5.56 Å². The maximum atomic E-state index is 12.6. The number of ketones is 1.